The minimum Gasteiger partial charge on any atom is -0.477 e. The number of carboxylic acids is 1. The van der Waals surface area contributed by atoms with Crippen LogP contribution >= 0.6 is 0 Å². The Labute approximate surface area is 175 Å². The lowest BCUT2D eigenvalue weighted by atomic mass is 9.86. The normalized spacial score (nSPS) is 30.0. The van der Waals surface area contributed by atoms with Gasteiger partial charge in [-0.2, -0.15) is 4.39 Å². The average Bonchev–Trinajstić information content (AvgIpc) is 2.72. The van der Waals surface area contributed by atoms with Crippen molar-refractivity contribution in [2.45, 2.75) is 49.3 Å². The number of benzene rings is 1. The Morgan fingerprint density at radius 2 is 1.77 bits per heavy atom. The number of anilines is 1. The number of carbonyl (C=O) groups is 3. The molecule has 7 N–H and O–H groups in total. The number of carboxylic acid groups (broad SMARTS) is 1. The van der Waals surface area contributed by atoms with E-state index < -0.39 is 66.9 Å². The molecule has 0 aliphatic carbocycles. The van der Waals surface area contributed by atoms with Gasteiger partial charge in [0.15, 0.2) is 6.17 Å². The van der Waals surface area contributed by atoms with Crippen LogP contribution in [0.4, 0.5) is 19.3 Å². The second kappa shape index (κ2) is 9.96. The summed E-state index contributed by atoms with van der Waals surface area (Å²) < 4.78 is 34.6. The van der Waals surface area contributed by atoms with Crippen LogP contribution in [-0.4, -0.2) is 87.4 Å². The van der Waals surface area contributed by atoms with Crippen molar-refractivity contribution in [1.29, 1.82) is 0 Å². The first-order valence-electron chi connectivity index (χ1n) is 9.12. The minimum atomic E-state index is -4.04. The number of alkyl halides is 2. The highest BCUT2D eigenvalue weighted by Gasteiger charge is 2.63. The Kier molecular flexibility index (Phi) is 7.84. The molecule has 1 aliphatic rings. The summed E-state index contributed by atoms with van der Waals surface area (Å²) in [4.78, 5) is 35.4. The molecule has 7 atom stereocenters. The van der Waals surface area contributed by atoms with E-state index >= 15 is 0 Å². The SMILES string of the molecule is CC(=O)N[C@H]1[C@H]([C@H](O)[C@H](O)CO)OC(F)(C(=O)O)C(F)[C@@H]1NC(=O)Nc1ccccc1. The molecule has 2 unspecified atom stereocenters. The van der Waals surface area contributed by atoms with Gasteiger partial charge in [0, 0.05) is 12.6 Å². The number of rotatable bonds is 7. The number of nitrogens with one attached hydrogen (secondary N) is 3. The van der Waals surface area contributed by atoms with Crippen molar-refractivity contribution in [3.05, 3.63) is 30.3 Å². The molecule has 3 amide bonds. The average molecular weight is 447 g/mol. The largest absolute Gasteiger partial charge is 0.477 e. The summed E-state index contributed by atoms with van der Waals surface area (Å²) in [6.07, 6.45) is -9.18. The fraction of sp³-hybridized carbons (Fsp3) is 0.500. The summed E-state index contributed by atoms with van der Waals surface area (Å²) in [7, 11) is 0. The van der Waals surface area contributed by atoms with Crippen molar-refractivity contribution in [2.24, 2.45) is 0 Å². The number of hydrogen-bond acceptors (Lipinski definition) is 7. The van der Waals surface area contributed by atoms with Crippen molar-refractivity contribution in [1.82, 2.24) is 10.6 Å². The molecule has 0 saturated carbocycles. The number of hydrogen-bond donors (Lipinski definition) is 7. The summed E-state index contributed by atoms with van der Waals surface area (Å²) in [6.45, 7) is -0.0411. The lowest BCUT2D eigenvalue weighted by Gasteiger charge is -2.47. The number of aliphatic hydroxyl groups is 3. The lowest BCUT2D eigenvalue weighted by molar-refractivity contribution is -0.277. The molecule has 0 aromatic heterocycles. The van der Waals surface area contributed by atoms with Gasteiger partial charge < -0.3 is 41.1 Å². The second-order valence-corrected chi connectivity index (χ2v) is 6.89. The van der Waals surface area contributed by atoms with Crippen LogP contribution in [0.1, 0.15) is 6.92 Å². The van der Waals surface area contributed by atoms with Gasteiger partial charge in [0.25, 0.3) is 0 Å². The molecule has 1 saturated heterocycles. The second-order valence-electron chi connectivity index (χ2n) is 6.89. The van der Waals surface area contributed by atoms with Crippen molar-refractivity contribution in [3.63, 3.8) is 0 Å². The lowest BCUT2D eigenvalue weighted by Crippen LogP contribution is -2.74. The molecule has 2 rings (SSSR count). The smallest absolute Gasteiger partial charge is 0.372 e. The minimum absolute atomic E-state index is 0.274. The third-order valence-electron chi connectivity index (χ3n) is 4.63. The van der Waals surface area contributed by atoms with Gasteiger partial charge in [-0.05, 0) is 12.1 Å². The van der Waals surface area contributed by atoms with Crippen LogP contribution in [0.3, 0.4) is 0 Å². The molecular formula is C18H23F2N3O8. The zero-order valence-corrected chi connectivity index (χ0v) is 16.2. The van der Waals surface area contributed by atoms with Crippen LogP contribution < -0.4 is 16.0 Å². The fourth-order valence-corrected chi connectivity index (χ4v) is 3.14. The standard InChI is InChI=1S/C18H23F2N3O8/c1-8(25)21-11-12(23-17(30)22-9-5-3-2-4-6-9)15(19)18(20,16(28)29)31-14(11)13(27)10(26)7-24/h2-6,10-15,24,26-27H,7H2,1H3,(H,21,25)(H,28,29)(H2,22,23,30)/t10-,11-,12-,13-,14-,15?,18?/m1/s1. The van der Waals surface area contributed by atoms with Crippen LogP contribution in [0.25, 0.3) is 0 Å². The predicted molar refractivity (Wildman–Crippen MR) is 100 cm³/mol. The molecule has 0 bridgehead atoms. The van der Waals surface area contributed by atoms with Crippen molar-refractivity contribution < 1.29 is 48.3 Å². The highest BCUT2D eigenvalue weighted by atomic mass is 19.2. The molecule has 11 nitrogen and oxygen atoms in total. The van der Waals surface area contributed by atoms with E-state index in [0.29, 0.717) is 0 Å². The highest BCUT2D eigenvalue weighted by molar-refractivity contribution is 5.89. The van der Waals surface area contributed by atoms with E-state index in [1.54, 1.807) is 18.2 Å². The molecule has 31 heavy (non-hydrogen) atoms. The van der Waals surface area contributed by atoms with E-state index in [1.807, 2.05) is 5.32 Å². The maximum Gasteiger partial charge on any atom is 0.372 e. The summed E-state index contributed by atoms with van der Waals surface area (Å²) >= 11 is 0. The maximum absolute atomic E-state index is 15.0. The first kappa shape index (κ1) is 24.4. The number of aliphatic hydroxyl groups excluding tert-OH is 3. The van der Waals surface area contributed by atoms with E-state index in [9.17, 15) is 33.4 Å². The molecule has 1 fully saturated rings. The van der Waals surface area contributed by atoms with Crippen LogP contribution in [0, 0.1) is 0 Å². The van der Waals surface area contributed by atoms with Gasteiger partial charge >= 0.3 is 17.9 Å². The molecule has 172 valence electrons. The number of para-hydroxylation sites is 1. The third kappa shape index (κ3) is 5.44. The van der Waals surface area contributed by atoms with Crippen molar-refractivity contribution >= 4 is 23.6 Å². The Morgan fingerprint density at radius 3 is 2.29 bits per heavy atom. The summed E-state index contributed by atoms with van der Waals surface area (Å²) in [5.41, 5.74) is 0.274. The monoisotopic (exact) mass is 447 g/mol. The topological polar surface area (TPSA) is 177 Å². The maximum atomic E-state index is 15.0. The van der Waals surface area contributed by atoms with Crippen LogP contribution in [0.15, 0.2) is 30.3 Å². The molecule has 0 radical (unpaired) electrons. The van der Waals surface area contributed by atoms with E-state index in [2.05, 4.69) is 15.4 Å². The van der Waals surface area contributed by atoms with Gasteiger partial charge in [0.1, 0.15) is 18.3 Å². The number of halogens is 2. The zero-order valence-electron chi connectivity index (χ0n) is 16.2. The molecule has 1 aromatic rings. The fourth-order valence-electron chi connectivity index (χ4n) is 3.14. The quantitative estimate of drug-likeness (QED) is 0.275. The summed E-state index contributed by atoms with van der Waals surface area (Å²) in [5.74, 6) is -7.25. The Balaban J connectivity index is 2.40. The predicted octanol–water partition coefficient (Wildman–Crippen LogP) is -1.12. The summed E-state index contributed by atoms with van der Waals surface area (Å²) in [5, 5.41) is 44.7. The third-order valence-corrected chi connectivity index (χ3v) is 4.63. The first-order chi connectivity index (χ1) is 14.5. The molecule has 1 heterocycles. The number of urea groups is 1. The number of aliphatic carboxylic acids is 1. The zero-order chi connectivity index (χ0) is 23.3. The van der Waals surface area contributed by atoms with Crippen LogP contribution in [-0.2, 0) is 14.3 Å². The number of ether oxygens (including phenoxy) is 1. The molecule has 1 aliphatic heterocycles. The van der Waals surface area contributed by atoms with Crippen molar-refractivity contribution in [3.8, 4) is 0 Å². The van der Waals surface area contributed by atoms with Gasteiger partial charge in [-0.1, -0.05) is 18.2 Å². The highest BCUT2D eigenvalue weighted by Crippen LogP contribution is 2.36. The van der Waals surface area contributed by atoms with E-state index in [-0.39, 0.29) is 5.69 Å². The Hall–Kier alpha value is -2.87. The van der Waals surface area contributed by atoms with Gasteiger partial charge in [-0.3, -0.25) is 4.79 Å². The van der Waals surface area contributed by atoms with Gasteiger partial charge in [-0.25, -0.2) is 14.0 Å². The number of carbonyl (C=O) groups excluding carboxylic acids is 2. The van der Waals surface area contributed by atoms with Gasteiger partial charge in [-0.15, -0.1) is 0 Å². The number of amides is 3. The van der Waals surface area contributed by atoms with Gasteiger partial charge in [0.05, 0.1) is 18.7 Å². The summed E-state index contributed by atoms with van der Waals surface area (Å²) in [6, 6.07) is 2.98. The Bertz CT molecular complexity index is 801. The van der Waals surface area contributed by atoms with Crippen LogP contribution in [0.2, 0.25) is 0 Å². The first-order valence-corrected chi connectivity index (χ1v) is 9.12. The van der Waals surface area contributed by atoms with Gasteiger partial charge in [0.2, 0.25) is 5.91 Å². The van der Waals surface area contributed by atoms with E-state index in [4.69, 9.17) is 10.2 Å². The van der Waals surface area contributed by atoms with Crippen LogP contribution in [0.5, 0.6) is 0 Å². The van der Waals surface area contributed by atoms with Crippen molar-refractivity contribution in [2.75, 3.05) is 11.9 Å². The molecule has 0 spiro atoms. The van der Waals surface area contributed by atoms with E-state index in [0.717, 1.165) is 6.92 Å². The van der Waals surface area contributed by atoms with E-state index in [1.165, 1.54) is 12.1 Å². The Morgan fingerprint density at radius 1 is 1.16 bits per heavy atom. The molecule has 13 heteroatoms. The molecule has 1 aromatic carbocycles. The molecular weight excluding hydrogens is 424 g/mol.